The highest BCUT2D eigenvalue weighted by Crippen LogP contribution is 2.13. The van der Waals surface area contributed by atoms with Gasteiger partial charge in [0, 0.05) is 30.2 Å². The van der Waals surface area contributed by atoms with Gasteiger partial charge in [0.1, 0.15) is 0 Å². The maximum atomic E-state index is 12.0. The lowest BCUT2D eigenvalue weighted by Crippen LogP contribution is -2.48. The van der Waals surface area contributed by atoms with Gasteiger partial charge < -0.3 is 5.32 Å². The minimum Gasteiger partial charge on any atom is -0.333 e. The quantitative estimate of drug-likeness (QED) is 0.833. The third kappa shape index (κ3) is 3.53. The first kappa shape index (κ1) is 12.5. The number of carbonyl (C=O) groups excluding carboxylic acids is 1. The van der Waals surface area contributed by atoms with Gasteiger partial charge in [-0.15, -0.1) is 0 Å². The molecule has 0 bridgehead atoms. The average molecular weight is 221 g/mol. The predicted molar refractivity (Wildman–Crippen MR) is 65.5 cm³/mol. The summed E-state index contributed by atoms with van der Waals surface area (Å²) >= 11 is 0. The van der Waals surface area contributed by atoms with Crippen molar-refractivity contribution in [2.75, 3.05) is 11.4 Å². The molecule has 1 aromatic rings. The molecule has 0 fully saturated rings. The second kappa shape index (κ2) is 4.96. The van der Waals surface area contributed by atoms with E-state index in [1.54, 1.807) is 17.3 Å². The second-order valence-electron chi connectivity index (χ2n) is 4.63. The molecule has 1 N–H and O–H groups in total. The van der Waals surface area contributed by atoms with Gasteiger partial charge in [-0.3, -0.25) is 9.88 Å². The first-order chi connectivity index (χ1) is 7.44. The van der Waals surface area contributed by atoms with Crippen LogP contribution in [-0.4, -0.2) is 23.1 Å². The molecule has 0 aromatic carbocycles. The molecule has 1 rings (SSSR count). The molecule has 0 unspecified atom stereocenters. The van der Waals surface area contributed by atoms with Crippen molar-refractivity contribution in [2.45, 2.75) is 33.2 Å². The molecular weight excluding hydrogens is 202 g/mol. The minimum absolute atomic E-state index is 0.0822. The zero-order valence-electron chi connectivity index (χ0n) is 10.3. The number of anilines is 1. The molecule has 88 valence electrons. The first-order valence-electron chi connectivity index (χ1n) is 5.44. The summed E-state index contributed by atoms with van der Waals surface area (Å²) in [5.41, 5.74) is 0.636. The highest BCUT2D eigenvalue weighted by molar-refractivity contribution is 5.92. The number of hydrogen-bond donors (Lipinski definition) is 1. The summed E-state index contributed by atoms with van der Waals surface area (Å²) < 4.78 is 0. The molecule has 0 aliphatic carbocycles. The topological polar surface area (TPSA) is 45.2 Å². The molecule has 0 saturated heterocycles. The third-order valence-corrected chi connectivity index (χ3v) is 2.02. The van der Waals surface area contributed by atoms with Crippen molar-refractivity contribution in [3.8, 4) is 0 Å². The van der Waals surface area contributed by atoms with E-state index in [1.165, 1.54) is 0 Å². The Bertz CT molecular complexity index is 343. The molecular formula is C12H19N3O. The number of amides is 2. The lowest BCUT2D eigenvalue weighted by molar-refractivity contribution is 0.238. The Morgan fingerprint density at radius 2 is 1.94 bits per heavy atom. The van der Waals surface area contributed by atoms with Crippen LogP contribution in [-0.2, 0) is 0 Å². The fourth-order valence-corrected chi connectivity index (χ4v) is 1.36. The van der Waals surface area contributed by atoms with Gasteiger partial charge in [0.05, 0.1) is 0 Å². The zero-order valence-corrected chi connectivity index (χ0v) is 10.3. The van der Waals surface area contributed by atoms with Gasteiger partial charge in [0.25, 0.3) is 0 Å². The van der Waals surface area contributed by atoms with Crippen molar-refractivity contribution in [1.82, 2.24) is 10.3 Å². The Morgan fingerprint density at radius 3 is 2.38 bits per heavy atom. The van der Waals surface area contributed by atoms with Crippen LogP contribution in [0.2, 0.25) is 0 Å². The van der Waals surface area contributed by atoms with Gasteiger partial charge >= 0.3 is 6.03 Å². The number of nitrogens with zero attached hydrogens (tertiary/aromatic N) is 2. The van der Waals surface area contributed by atoms with Crippen LogP contribution in [0.5, 0.6) is 0 Å². The molecule has 1 aromatic heterocycles. The molecule has 16 heavy (non-hydrogen) atoms. The predicted octanol–water partition coefficient (Wildman–Crippen LogP) is 2.42. The Labute approximate surface area is 96.7 Å². The van der Waals surface area contributed by atoms with Crippen LogP contribution in [0.15, 0.2) is 24.5 Å². The minimum atomic E-state index is -0.225. The van der Waals surface area contributed by atoms with E-state index >= 15 is 0 Å². The van der Waals surface area contributed by atoms with Crippen molar-refractivity contribution in [3.63, 3.8) is 0 Å². The Morgan fingerprint density at radius 1 is 1.38 bits per heavy atom. The number of carbonyl (C=O) groups is 1. The SMILES string of the molecule is CCN(C(=O)NC(C)(C)C)c1ccncc1. The van der Waals surface area contributed by atoms with E-state index in [0.29, 0.717) is 6.54 Å². The summed E-state index contributed by atoms with van der Waals surface area (Å²) in [5.74, 6) is 0. The normalized spacial score (nSPS) is 11.0. The standard InChI is InChI=1S/C12H19N3O/c1-5-15(10-6-8-13-9-7-10)11(16)14-12(2,3)4/h6-9H,5H2,1-4H3,(H,14,16). The van der Waals surface area contributed by atoms with Crippen LogP contribution in [0.4, 0.5) is 10.5 Å². The highest BCUT2D eigenvalue weighted by atomic mass is 16.2. The number of aromatic nitrogens is 1. The molecule has 0 saturated carbocycles. The molecule has 1 heterocycles. The summed E-state index contributed by atoms with van der Waals surface area (Å²) in [7, 11) is 0. The van der Waals surface area contributed by atoms with E-state index in [-0.39, 0.29) is 11.6 Å². The van der Waals surface area contributed by atoms with Gasteiger partial charge in [-0.05, 0) is 39.8 Å². The smallest absolute Gasteiger partial charge is 0.322 e. The fourth-order valence-electron chi connectivity index (χ4n) is 1.36. The molecule has 0 aliphatic heterocycles. The van der Waals surface area contributed by atoms with Gasteiger partial charge in [-0.2, -0.15) is 0 Å². The first-order valence-corrected chi connectivity index (χ1v) is 5.44. The second-order valence-corrected chi connectivity index (χ2v) is 4.63. The van der Waals surface area contributed by atoms with E-state index in [0.717, 1.165) is 5.69 Å². The lowest BCUT2D eigenvalue weighted by atomic mass is 10.1. The number of nitrogens with one attached hydrogen (secondary N) is 1. The molecule has 4 heteroatoms. The summed E-state index contributed by atoms with van der Waals surface area (Å²) in [4.78, 5) is 17.6. The maximum absolute atomic E-state index is 12.0. The van der Waals surface area contributed by atoms with E-state index in [4.69, 9.17) is 0 Å². The van der Waals surface area contributed by atoms with E-state index in [1.807, 2.05) is 39.8 Å². The summed E-state index contributed by atoms with van der Waals surface area (Å²) in [6.45, 7) is 8.47. The van der Waals surface area contributed by atoms with Crippen LogP contribution >= 0.6 is 0 Å². The summed E-state index contributed by atoms with van der Waals surface area (Å²) in [6, 6.07) is 3.57. The molecule has 0 atom stereocenters. The van der Waals surface area contributed by atoms with Crippen LogP contribution in [0.25, 0.3) is 0 Å². The average Bonchev–Trinajstić information content (AvgIpc) is 2.17. The highest BCUT2D eigenvalue weighted by Gasteiger charge is 2.19. The zero-order chi connectivity index (χ0) is 12.2. The van der Waals surface area contributed by atoms with Crippen molar-refractivity contribution >= 4 is 11.7 Å². The largest absolute Gasteiger partial charge is 0.333 e. The molecule has 0 aliphatic rings. The summed E-state index contributed by atoms with van der Waals surface area (Å²) in [6.07, 6.45) is 3.37. The van der Waals surface area contributed by atoms with Gasteiger partial charge in [0.2, 0.25) is 0 Å². The van der Waals surface area contributed by atoms with Crippen molar-refractivity contribution < 1.29 is 4.79 Å². The third-order valence-electron chi connectivity index (χ3n) is 2.02. The maximum Gasteiger partial charge on any atom is 0.322 e. The summed E-state index contributed by atoms with van der Waals surface area (Å²) in [5, 5.41) is 2.94. The van der Waals surface area contributed by atoms with Crippen LogP contribution < -0.4 is 10.2 Å². The van der Waals surface area contributed by atoms with E-state index in [9.17, 15) is 4.79 Å². The number of hydrogen-bond acceptors (Lipinski definition) is 2. The molecule has 4 nitrogen and oxygen atoms in total. The van der Waals surface area contributed by atoms with Gasteiger partial charge in [-0.25, -0.2) is 4.79 Å². The van der Waals surface area contributed by atoms with Crippen LogP contribution in [0.1, 0.15) is 27.7 Å². The molecule has 0 spiro atoms. The number of urea groups is 1. The monoisotopic (exact) mass is 221 g/mol. The van der Waals surface area contributed by atoms with Crippen molar-refractivity contribution in [2.24, 2.45) is 0 Å². The van der Waals surface area contributed by atoms with Crippen LogP contribution in [0.3, 0.4) is 0 Å². The van der Waals surface area contributed by atoms with E-state index in [2.05, 4.69) is 10.3 Å². The van der Waals surface area contributed by atoms with Gasteiger partial charge in [0.15, 0.2) is 0 Å². The van der Waals surface area contributed by atoms with Gasteiger partial charge in [-0.1, -0.05) is 0 Å². The van der Waals surface area contributed by atoms with Crippen molar-refractivity contribution in [1.29, 1.82) is 0 Å². The Kier molecular flexibility index (Phi) is 3.88. The Hall–Kier alpha value is -1.58. The number of rotatable bonds is 2. The molecule has 0 radical (unpaired) electrons. The molecule has 2 amide bonds. The van der Waals surface area contributed by atoms with E-state index < -0.39 is 0 Å². The number of pyridine rings is 1. The lowest BCUT2D eigenvalue weighted by Gasteiger charge is -2.27. The van der Waals surface area contributed by atoms with Crippen LogP contribution in [0, 0.1) is 0 Å². The van der Waals surface area contributed by atoms with Crippen molar-refractivity contribution in [3.05, 3.63) is 24.5 Å². The Balaban J connectivity index is 2.80. The fraction of sp³-hybridized carbons (Fsp3) is 0.500.